The molecule has 0 aromatic heterocycles. The lowest BCUT2D eigenvalue weighted by Crippen LogP contribution is -2.37. The number of aliphatic hydroxyl groups is 1. The molecule has 0 radical (unpaired) electrons. The Morgan fingerprint density at radius 2 is 2.00 bits per heavy atom. The monoisotopic (exact) mass is 329 g/mol. The lowest BCUT2D eigenvalue weighted by atomic mass is 10.1. The normalized spacial score (nSPS) is 20.3. The number of β-amino-alcohol motifs (C(OH)–C–C–N with tert-alkyl or cyclic N) is 1. The van der Waals surface area contributed by atoms with Crippen molar-refractivity contribution in [2.45, 2.75) is 25.5 Å². The smallest absolute Gasteiger partial charge is 0.161 e. The van der Waals surface area contributed by atoms with Gasteiger partial charge in [-0.25, -0.2) is 0 Å². The van der Waals surface area contributed by atoms with E-state index in [-0.39, 0.29) is 6.10 Å². The van der Waals surface area contributed by atoms with Crippen molar-refractivity contribution in [3.05, 3.63) is 22.2 Å². The van der Waals surface area contributed by atoms with Gasteiger partial charge in [-0.05, 0) is 37.1 Å². The number of piperidine rings is 1. The lowest BCUT2D eigenvalue weighted by Gasteiger charge is -2.30. The average molecular weight is 330 g/mol. The molecule has 19 heavy (non-hydrogen) atoms. The summed E-state index contributed by atoms with van der Waals surface area (Å²) >= 11 is 3.57. The van der Waals surface area contributed by atoms with Crippen LogP contribution >= 0.6 is 15.9 Å². The molecule has 1 N–H and O–H groups in total. The first kappa shape index (κ1) is 14.6. The van der Waals surface area contributed by atoms with Crippen LogP contribution in [-0.2, 0) is 6.54 Å². The first-order chi connectivity index (χ1) is 9.13. The second kappa shape index (κ2) is 6.59. The van der Waals surface area contributed by atoms with E-state index in [4.69, 9.17) is 9.47 Å². The van der Waals surface area contributed by atoms with Crippen LogP contribution in [-0.4, -0.2) is 43.4 Å². The number of benzene rings is 1. The molecule has 0 amide bonds. The molecule has 0 spiro atoms. The van der Waals surface area contributed by atoms with Gasteiger partial charge in [-0.3, -0.25) is 4.90 Å². The van der Waals surface area contributed by atoms with Gasteiger partial charge in [-0.2, -0.15) is 0 Å². The molecule has 1 aromatic rings. The molecule has 1 aliphatic heterocycles. The topological polar surface area (TPSA) is 41.9 Å². The molecule has 1 aromatic carbocycles. The van der Waals surface area contributed by atoms with Gasteiger partial charge in [0.05, 0.1) is 20.3 Å². The lowest BCUT2D eigenvalue weighted by molar-refractivity contribution is 0.0667. The minimum absolute atomic E-state index is 0.201. The van der Waals surface area contributed by atoms with Crippen molar-refractivity contribution >= 4 is 15.9 Å². The summed E-state index contributed by atoms with van der Waals surface area (Å²) in [6, 6.07) is 3.92. The van der Waals surface area contributed by atoms with Crippen LogP contribution in [0.15, 0.2) is 16.6 Å². The number of likely N-dealkylation sites (tertiary alicyclic amines) is 1. The third-order valence-electron chi connectivity index (χ3n) is 3.43. The Morgan fingerprint density at radius 3 is 2.63 bits per heavy atom. The van der Waals surface area contributed by atoms with Gasteiger partial charge in [0.25, 0.3) is 0 Å². The molecule has 0 bridgehead atoms. The molecule has 5 heteroatoms. The molecule has 0 aliphatic carbocycles. The highest BCUT2D eigenvalue weighted by Crippen LogP contribution is 2.34. The Labute approximate surface area is 122 Å². The standard InChI is InChI=1S/C14H20BrNO3/c1-18-13-6-10(12(15)7-14(13)19-2)8-16-5-3-4-11(17)9-16/h6-7,11,17H,3-5,8-9H2,1-2H3/t11-/m1/s1. The van der Waals surface area contributed by atoms with Crippen molar-refractivity contribution < 1.29 is 14.6 Å². The quantitative estimate of drug-likeness (QED) is 0.921. The van der Waals surface area contributed by atoms with Crippen LogP contribution in [0.4, 0.5) is 0 Å². The summed E-state index contributed by atoms with van der Waals surface area (Å²) in [5, 5.41) is 9.71. The number of hydrogen-bond acceptors (Lipinski definition) is 4. The highest BCUT2D eigenvalue weighted by atomic mass is 79.9. The molecular weight excluding hydrogens is 310 g/mol. The predicted molar refractivity (Wildman–Crippen MR) is 77.8 cm³/mol. The molecule has 0 unspecified atom stereocenters. The number of hydrogen-bond donors (Lipinski definition) is 1. The van der Waals surface area contributed by atoms with Crippen molar-refractivity contribution in [1.82, 2.24) is 4.90 Å². The maximum absolute atomic E-state index is 9.71. The summed E-state index contributed by atoms with van der Waals surface area (Å²) in [5.74, 6) is 1.45. The van der Waals surface area contributed by atoms with Gasteiger partial charge >= 0.3 is 0 Å². The Kier molecular flexibility index (Phi) is 5.07. The molecule has 1 aliphatic rings. The van der Waals surface area contributed by atoms with Crippen molar-refractivity contribution in [3.8, 4) is 11.5 Å². The van der Waals surface area contributed by atoms with Crippen molar-refractivity contribution in [3.63, 3.8) is 0 Å². The van der Waals surface area contributed by atoms with Crippen LogP contribution < -0.4 is 9.47 Å². The first-order valence-electron chi connectivity index (χ1n) is 6.45. The van der Waals surface area contributed by atoms with Gasteiger partial charge < -0.3 is 14.6 Å². The molecule has 1 atom stereocenters. The fraction of sp³-hybridized carbons (Fsp3) is 0.571. The second-order valence-electron chi connectivity index (χ2n) is 4.83. The average Bonchev–Trinajstić information content (AvgIpc) is 2.40. The summed E-state index contributed by atoms with van der Waals surface area (Å²) < 4.78 is 11.6. The molecule has 1 saturated heterocycles. The van der Waals surface area contributed by atoms with E-state index >= 15 is 0 Å². The number of rotatable bonds is 4. The highest BCUT2D eigenvalue weighted by molar-refractivity contribution is 9.10. The number of ether oxygens (including phenoxy) is 2. The third-order valence-corrected chi connectivity index (χ3v) is 4.17. The molecule has 4 nitrogen and oxygen atoms in total. The molecular formula is C14H20BrNO3. The Bertz CT molecular complexity index is 439. The Hall–Kier alpha value is -0.780. The zero-order chi connectivity index (χ0) is 13.8. The summed E-state index contributed by atoms with van der Waals surface area (Å²) in [6.07, 6.45) is 1.75. The predicted octanol–water partition coefficient (Wildman–Crippen LogP) is 2.42. The Balaban J connectivity index is 2.15. The highest BCUT2D eigenvalue weighted by Gasteiger charge is 2.19. The molecule has 1 fully saturated rings. The number of methoxy groups -OCH3 is 2. The summed E-state index contributed by atoms with van der Waals surface area (Å²) in [5.41, 5.74) is 1.15. The van der Waals surface area contributed by atoms with E-state index in [0.29, 0.717) is 0 Å². The molecule has 106 valence electrons. The number of nitrogens with zero attached hydrogens (tertiary/aromatic N) is 1. The van der Waals surface area contributed by atoms with Gasteiger partial charge in [0, 0.05) is 17.6 Å². The van der Waals surface area contributed by atoms with Crippen LogP contribution in [0.5, 0.6) is 11.5 Å². The fourth-order valence-electron chi connectivity index (χ4n) is 2.43. The molecule has 2 rings (SSSR count). The third kappa shape index (κ3) is 3.61. The zero-order valence-corrected chi connectivity index (χ0v) is 12.9. The summed E-state index contributed by atoms with van der Waals surface area (Å²) in [7, 11) is 3.27. The van der Waals surface area contributed by atoms with Crippen LogP contribution in [0.3, 0.4) is 0 Å². The van der Waals surface area contributed by atoms with Crippen molar-refractivity contribution in [2.24, 2.45) is 0 Å². The van der Waals surface area contributed by atoms with Gasteiger partial charge in [0.15, 0.2) is 11.5 Å². The van der Waals surface area contributed by atoms with E-state index < -0.39 is 0 Å². The van der Waals surface area contributed by atoms with Crippen LogP contribution in [0.25, 0.3) is 0 Å². The van der Waals surface area contributed by atoms with Gasteiger partial charge in [0.2, 0.25) is 0 Å². The minimum atomic E-state index is -0.201. The van der Waals surface area contributed by atoms with E-state index in [0.717, 1.165) is 54.0 Å². The van der Waals surface area contributed by atoms with Crippen LogP contribution in [0, 0.1) is 0 Å². The molecule has 0 saturated carbocycles. The maximum atomic E-state index is 9.71. The molecule has 1 heterocycles. The summed E-state index contributed by atoms with van der Waals surface area (Å²) in [4.78, 5) is 2.26. The first-order valence-corrected chi connectivity index (χ1v) is 7.24. The van der Waals surface area contributed by atoms with Gasteiger partial charge in [0.1, 0.15) is 0 Å². The van der Waals surface area contributed by atoms with E-state index in [2.05, 4.69) is 20.8 Å². The number of halogens is 1. The number of aliphatic hydroxyl groups excluding tert-OH is 1. The van der Waals surface area contributed by atoms with Gasteiger partial charge in [-0.15, -0.1) is 0 Å². The van der Waals surface area contributed by atoms with Gasteiger partial charge in [-0.1, -0.05) is 15.9 Å². The fourth-order valence-corrected chi connectivity index (χ4v) is 2.88. The van der Waals surface area contributed by atoms with Crippen molar-refractivity contribution in [1.29, 1.82) is 0 Å². The van der Waals surface area contributed by atoms with E-state index in [9.17, 15) is 5.11 Å². The second-order valence-corrected chi connectivity index (χ2v) is 5.68. The van der Waals surface area contributed by atoms with E-state index in [1.807, 2.05) is 12.1 Å². The summed E-state index contributed by atoms with van der Waals surface area (Å²) in [6.45, 7) is 2.57. The largest absolute Gasteiger partial charge is 0.493 e. The Morgan fingerprint density at radius 1 is 1.32 bits per heavy atom. The minimum Gasteiger partial charge on any atom is -0.493 e. The van der Waals surface area contributed by atoms with E-state index in [1.165, 1.54) is 0 Å². The van der Waals surface area contributed by atoms with Crippen molar-refractivity contribution in [2.75, 3.05) is 27.3 Å². The van der Waals surface area contributed by atoms with Crippen LogP contribution in [0.1, 0.15) is 18.4 Å². The SMILES string of the molecule is COc1cc(Br)c(CN2CCC[C@@H](O)C2)cc1OC. The zero-order valence-electron chi connectivity index (χ0n) is 11.4. The maximum Gasteiger partial charge on any atom is 0.161 e. The van der Waals surface area contributed by atoms with Crippen LogP contribution in [0.2, 0.25) is 0 Å². The van der Waals surface area contributed by atoms with E-state index in [1.54, 1.807) is 14.2 Å².